The minimum Gasteiger partial charge on any atom is -0.414 e. The molecule has 0 aromatic heterocycles. The van der Waals surface area contributed by atoms with Gasteiger partial charge in [0.1, 0.15) is 24.4 Å². The fourth-order valence-corrected chi connectivity index (χ4v) is 23.3. The number of hydrogen-bond acceptors (Lipinski definition) is 12. The van der Waals surface area contributed by atoms with E-state index in [-0.39, 0.29) is 96.8 Å². The fraction of sp³-hybridized carbons (Fsp3) is 0.932. The van der Waals surface area contributed by atoms with Gasteiger partial charge in [0.25, 0.3) is 0 Å². The molecular weight excluding hydrogens is 985 g/mol. The highest BCUT2D eigenvalue weighted by molar-refractivity contribution is 6.74. The van der Waals surface area contributed by atoms with E-state index in [1.807, 2.05) is 13.2 Å². The van der Waals surface area contributed by atoms with Gasteiger partial charge in [-0.25, -0.2) is 0 Å². The minimum atomic E-state index is -1.98. The number of rotatable bonds is 31. The Bertz CT molecular complexity index is 1740. The molecule has 0 radical (unpaired) electrons. The van der Waals surface area contributed by atoms with E-state index in [4.69, 9.17) is 51.2 Å². The van der Waals surface area contributed by atoms with Crippen molar-refractivity contribution in [3.63, 3.8) is 0 Å². The van der Waals surface area contributed by atoms with Crippen molar-refractivity contribution in [3.05, 3.63) is 24.8 Å². The van der Waals surface area contributed by atoms with Crippen molar-refractivity contribution in [1.82, 2.24) is 0 Å². The standard InChI is InChI=1S/C59H108O12Si3/c1-16-26-42(60)32-46-48(67-49(53(46)61-15)33-45(70-73(20-5,21-6)22-7)37-64-72(17-2,18-3)19-4)34-47-41(12)40(11)31-43(65-47)27-28-52-58(13,14)35-44(66-52)29-30-59-36-50-55(69-59)56-57(68-50)54(63-39-59)51(38-62-56)71-74(23-8,24-9)25-10/h16,40,42-57,60H,1,12,17-39H2,2-11,13-15H3/t40?,42-,43?,44?,45?,46?,47?,48-,49+,50?,51?,52?,53+,54?,55?,56?,57?,59?/m0/s1. The van der Waals surface area contributed by atoms with Crippen LogP contribution in [0.5, 0.6) is 0 Å². The summed E-state index contributed by atoms with van der Waals surface area (Å²) < 4.78 is 76.3. The molecule has 1 N–H and O–H groups in total. The summed E-state index contributed by atoms with van der Waals surface area (Å²) in [6.07, 6.45) is 9.24. The molecule has 0 amide bonds. The maximum atomic E-state index is 11.3. The fourth-order valence-electron chi connectivity index (χ4n) is 15.0. The monoisotopic (exact) mass is 1090 g/mol. The molecule has 0 aromatic rings. The summed E-state index contributed by atoms with van der Waals surface area (Å²) in [7, 11) is -3.91. The highest BCUT2D eigenvalue weighted by atomic mass is 28.4. The lowest BCUT2D eigenvalue weighted by Crippen LogP contribution is -2.61. The van der Waals surface area contributed by atoms with Crippen molar-refractivity contribution in [3.8, 4) is 0 Å². The zero-order valence-corrected chi connectivity index (χ0v) is 52.0. The van der Waals surface area contributed by atoms with Gasteiger partial charge < -0.3 is 56.3 Å². The SMILES string of the molecule is C=CC[C@H](O)CC1[C@H](CC2OC(CCC3OC(CCC45COC6C(O[Si](CC)(CC)CC)COC7C(O4)C(C5)OC67)CC3(C)C)CC(C)C2=C)O[C@H](CC(CO[Si](CC)(CC)CC)O[Si](CC)(CC)CC)[C@@H]1OC. The Morgan fingerprint density at radius 1 is 0.743 bits per heavy atom. The van der Waals surface area contributed by atoms with Crippen LogP contribution in [0.25, 0.3) is 0 Å². The number of aliphatic hydroxyl groups is 1. The van der Waals surface area contributed by atoms with Gasteiger partial charge in [-0.3, -0.25) is 0 Å². The maximum Gasteiger partial charge on any atom is 0.192 e. The third-order valence-corrected chi connectivity index (χ3v) is 34.7. The molecule has 6 bridgehead atoms. The Balaban J connectivity index is 0.979. The highest BCUT2D eigenvalue weighted by Crippen LogP contribution is 2.51. The van der Waals surface area contributed by atoms with Crippen LogP contribution in [-0.4, -0.2) is 154 Å². The van der Waals surface area contributed by atoms with E-state index in [0.29, 0.717) is 51.4 Å². The normalized spacial score (nSPS) is 37.9. The lowest BCUT2D eigenvalue weighted by molar-refractivity contribution is -0.250. The molecule has 0 aliphatic carbocycles. The predicted molar refractivity (Wildman–Crippen MR) is 302 cm³/mol. The maximum absolute atomic E-state index is 11.3. The minimum absolute atomic E-state index is 0.0283. The van der Waals surface area contributed by atoms with Crippen molar-refractivity contribution in [2.75, 3.05) is 26.9 Å². The quantitative estimate of drug-likeness (QED) is 0.0525. The molecule has 8 rings (SSSR count). The number of methoxy groups -OCH3 is 1. The summed E-state index contributed by atoms with van der Waals surface area (Å²) in [6, 6.07) is 9.83. The Kier molecular flexibility index (Phi) is 21.9. The Labute approximate surface area is 453 Å². The van der Waals surface area contributed by atoms with Crippen LogP contribution in [0.4, 0.5) is 0 Å². The highest BCUT2D eigenvalue weighted by Gasteiger charge is 2.64. The van der Waals surface area contributed by atoms with Gasteiger partial charge in [0, 0.05) is 32.3 Å². The summed E-state index contributed by atoms with van der Waals surface area (Å²) in [5.41, 5.74) is 0.757. The molecule has 428 valence electrons. The molecular formula is C59H108O12Si3. The molecule has 74 heavy (non-hydrogen) atoms. The summed E-state index contributed by atoms with van der Waals surface area (Å²) >= 11 is 0. The Morgan fingerprint density at radius 3 is 2.05 bits per heavy atom. The summed E-state index contributed by atoms with van der Waals surface area (Å²) in [5.74, 6) is 0.283. The molecule has 0 saturated carbocycles. The predicted octanol–water partition coefficient (Wildman–Crippen LogP) is 12.5. The van der Waals surface area contributed by atoms with Crippen LogP contribution < -0.4 is 0 Å². The molecule has 8 heterocycles. The molecule has 8 saturated heterocycles. The van der Waals surface area contributed by atoms with E-state index in [1.165, 1.54) is 0 Å². The van der Waals surface area contributed by atoms with Crippen LogP contribution >= 0.6 is 0 Å². The van der Waals surface area contributed by atoms with Crippen LogP contribution in [0, 0.1) is 17.3 Å². The second-order valence-corrected chi connectivity index (χ2v) is 39.3. The van der Waals surface area contributed by atoms with Crippen LogP contribution in [0.1, 0.15) is 154 Å². The van der Waals surface area contributed by atoms with E-state index in [2.05, 4.69) is 96.2 Å². The second kappa shape index (κ2) is 26.5. The van der Waals surface area contributed by atoms with Gasteiger partial charge in [-0.2, -0.15) is 0 Å². The van der Waals surface area contributed by atoms with Gasteiger partial charge in [0.05, 0.1) is 92.6 Å². The first-order valence-corrected chi connectivity index (χ1v) is 38.0. The molecule has 8 fully saturated rings. The smallest absolute Gasteiger partial charge is 0.192 e. The number of ether oxygens (including phenoxy) is 8. The van der Waals surface area contributed by atoms with Crippen molar-refractivity contribution >= 4 is 25.0 Å². The van der Waals surface area contributed by atoms with Crippen molar-refractivity contribution in [2.45, 2.75) is 305 Å². The lowest BCUT2D eigenvalue weighted by atomic mass is 9.79. The van der Waals surface area contributed by atoms with E-state index in [0.717, 1.165) is 105 Å². The summed E-state index contributed by atoms with van der Waals surface area (Å²) in [4.78, 5) is 0. The van der Waals surface area contributed by atoms with Crippen molar-refractivity contribution < 1.29 is 56.3 Å². The Morgan fingerprint density at radius 2 is 1.42 bits per heavy atom. The van der Waals surface area contributed by atoms with Gasteiger partial charge in [-0.1, -0.05) is 95.7 Å². The summed E-state index contributed by atoms with van der Waals surface area (Å²) in [5, 5.41) is 11.3. The molecule has 14 unspecified atom stereocenters. The first kappa shape index (κ1) is 61.3. The van der Waals surface area contributed by atoms with Gasteiger partial charge in [-0.05, 0) is 123 Å². The second-order valence-electron chi connectivity index (χ2n) is 25.1. The third kappa shape index (κ3) is 13.5. The molecule has 0 spiro atoms. The lowest BCUT2D eigenvalue weighted by Gasteiger charge is -2.47. The van der Waals surface area contributed by atoms with Gasteiger partial charge in [0.15, 0.2) is 25.0 Å². The molecule has 8 aliphatic heterocycles. The Hall–Kier alpha value is -0.349. The average Bonchev–Trinajstić information content (AvgIpc) is 4.13. The molecule has 8 aliphatic rings. The summed E-state index contributed by atoms with van der Waals surface area (Å²) in [6.45, 7) is 38.0. The van der Waals surface area contributed by atoms with Crippen LogP contribution in [0.15, 0.2) is 24.8 Å². The van der Waals surface area contributed by atoms with Gasteiger partial charge in [-0.15, -0.1) is 6.58 Å². The van der Waals surface area contributed by atoms with Crippen LogP contribution in [0.2, 0.25) is 54.4 Å². The zero-order chi connectivity index (χ0) is 53.6. The molecule has 12 nitrogen and oxygen atoms in total. The van der Waals surface area contributed by atoms with Crippen LogP contribution in [0.3, 0.4) is 0 Å². The molecule has 18 atom stereocenters. The number of hydrogen-bond donors (Lipinski definition) is 1. The van der Waals surface area contributed by atoms with Gasteiger partial charge >= 0.3 is 0 Å². The van der Waals surface area contributed by atoms with E-state index >= 15 is 0 Å². The van der Waals surface area contributed by atoms with E-state index in [1.54, 1.807) is 0 Å². The topological polar surface area (TPSA) is 122 Å². The zero-order valence-electron chi connectivity index (χ0n) is 49.0. The number of fused-ring (bicyclic) bond motifs is 1. The largest absolute Gasteiger partial charge is 0.414 e. The van der Waals surface area contributed by atoms with Crippen molar-refractivity contribution in [2.24, 2.45) is 17.3 Å². The van der Waals surface area contributed by atoms with E-state index in [9.17, 15) is 5.11 Å². The number of aliphatic hydroxyl groups excluding tert-OH is 1. The van der Waals surface area contributed by atoms with Gasteiger partial charge in [0.2, 0.25) is 0 Å². The van der Waals surface area contributed by atoms with E-state index < -0.39 is 36.7 Å². The first-order chi connectivity index (χ1) is 35.4. The first-order valence-electron chi connectivity index (χ1n) is 30.4. The van der Waals surface area contributed by atoms with Crippen molar-refractivity contribution in [1.29, 1.82) is 0 Å². The third-order valence-electron chi connectivity index (χ3n) is 20.7. The average molecular weight is 1090 g/mol. The molecule has 0 aromatic carbocycles. The van der Waals surface area contributed by atoms with Crippen LogP contribution in [-0.2, 0) is 51.2 Å². The molecule has 15 heteroatoms.